The molecule has 298 valence electrons. The second-order valence-corrected chi connectivity index (χ2v) is 15.6. The number of imidazole rings is 2. The molecular formula is C41H47N9O7. The molecule has 2 aliphatic rings. The van der Waals surface area contributed by atoms with Crippen molar-refractivity contribution in [2.24, 2.45) is 11.8 Å². The number of carbonyl (C=O) groups excluding carboxylic acids is 4. The molecule has 16 heteroatoms. The quantitative estimate of drug-likeness (QED) is 0.126. The van der Waals surface area contributed by atoms with Gasteiger partial charge in [0, 0.05) is 29.4 Å². The van der Waals surface area contributed by atoms with Gasteiger partial charge in [-0.15, -0.1) is 0 Å². The Morgan fingerprint density at radius 1 is 0.754 bits per heavy atom. The Morgan fingerprint density at radius 2 is 1.39 bits per heavy atom. The fraction of sp³-hybridized carbons (Fsp3) is 0.439. The topological polar surface area (TPSA) is 201 Å². The Bertz CT molecular complexity index is 2520. The van der Waals surface area contributed by atoms with E-state index in [9.17, 15) is 19.2 Å². The molecule has 16 nitrogen and oxygen atoms in total. The highest BCUT2D eigenvalue weighted by Gasteiger charge is 2.39. The van der Waals surface area contributed by atoms with Gasteiger partial charge in [0.15, 0.2) is 17.2 Å². The molecular weight excluding hydrogens is 731 g/mol. The number of benzene rings is 2. The monoisotopic (exact) mass is 777 g/mol. The SMILES string of the molecule is COC(=O)N[C@H](C(=O)N1CCC[C@H]1c1nc2ccc3[nH]c(-c4cc5ccc6[nH]c([C@@H]7CCCN7C(=O)[C@@H](NC(=O)OC)C(C)C)nc6c5o4)ccc3c2n1)C(C)C. The number of aromatic nitrogens is 5. The van der Waals surface area contributed by atoms with Gasteiger partial charge in [0.25, 0.3) is 0 Å². The number of H-pyrrole nitrogens is 2. The molecule has 4 amide bonds. The number of nitrogens with zero attached hydrogens (tertiary/aromatic N) is 5. The molecule has 0 bridgehead atoms. The van der Waals surface area contributed by atoms with Gasteiger partial charge in [-0.05, 0) is 80.0 Å². The molecule has 2 aromatic carbocycles. The first-order chi connectivity index (χ1) is 27.4. The maximum atomic E-state index is 13.7. The Morgan fingerprint density at radius 3 is 2.04 bits per heavy atom. The second-order valence-electron chi connectivity index (χ2n) is 15.6. The number of pyridine rings is 1. The van der Waals surface area contributed by atoms with Crippen molar-refractivity contribution in [3.8, 4) is 11.5 Å². The van der Waals surface area contributed by atoms with E-state index in [1.165, 1.54) is 14.2 Å². The highest BCUT2D eigenvalue weighted by Crippen LogP contribution is 2.38. The summed E-state index contributed by atoms with van der Waals surface area (Å²) in [6.45, 7) is 8.67. The van der Waals surface area contributed by atoms with Crippen LogP contribution in [0.4, 0.5) is 9.59 Å². The maximum absolute atomic E-state index is 13.7. The van der Waals surface area contributed by atoms with Crippen LogP contribution in [0, 0.1) is 11.8 Å². The smallest absolute Gasteiger partial charge is 0.407 e. The number of aromatic amines is 2. The van der Waals surface area contributed by atoms with Crippen LogP contribution in [0.15, 0.2) is 46.9 Å². The second kappa shape index (κ2) is 15.0. The van der Waals surface area contributed by atoms with Gasteiger partial charge in [-0.1, -0.05) is 27.7 Å². The summed E-state index contributed by atoms with van der Waals surface area (Å²) in [7, 11) is 2.56. The van der Waals surface area contributed by atoms with Crippen molar-refractivity contribution in [1.29, 1.82) is 0 Å². The van der Waals surface area contributed by atoms with E-state index in [-0.39, 0.29) is 35.7 Å². The number of fused-ring (bicyclic) bond motifs is 6. The van der Waals surface area contributed by atoms with Crippen LogP contribution < -0.4 is 10.6 Å². The number of likely N-dealkylation sites (tertiary alicyclic amines) is 2. The number of hydrogen-bond acceptors (Lipinski definition) is 10. The molecule has 2 fully saturated rings. The minimum Gasteiger partial charge on any atom is -0.453 e. The first-order valence-electron chi connectivity index (χ1n) is 19.5. The number of hydrogen-bond donors (Lipinski definition) is 4. The van der Waals surface area contributed by atoms with Gasteiger partial charge in [-0.25, -0.2) is 24.5 Å². The number of rotatable bonds is 9. The van der Waals surface area contributed by atoms with Crippen LogP contribution in [0.5, 0.6) is 0 Å². The lowest BCUT2D eigenvalue weighted by Crippen LogP contribution is -2.51. The molecule has 0 aliphatic carbocycles. The van der Waals surface area contributed by atoms with Gasteiger partial charge in [-0.3, -0.25) is 9.59 Å². The first kappa shape index (κ1) is 37.7. The number of ether oxygens (including phenoxy) is 2. The van der Waals surface area contributed by atoms with E-state index in [0.717, 1.165) is 64.2 Å². The Balaban J connectivity index is 1.06. The minimum atomic E-state index is -0.727. The zero-order chi connectivity index (χ0) is 40.1. The van der Waals surface area contributed by atoms with Crippen molar-refractivity contribution in [2.75, 3.05) is 27.3 Å². The normalized spacial score (nSPS) is 18.3. The van der Waals surface area contributed by atoms with E-state index in [2.05, 4.69) is 20.6 Å². The maximum Gasteiger partial charge on any atom is 0.407 e. The lowest BCUT2D eigenvalue weighted by molar-refractivity contribution is -0.136. The molecule has 57 heavy (non-hydrogen) atoms. The van der Waals surface area contributed by atoms with Gasteiger partial charge in [0.2, 0.25) is 11.8 Å². The van der Waals surface area contributed by atoms with Crippen molar-refractivity contribution in [1.82, 2.24) is 45.4 Å². The summed E-state index contributed by atoms with van der Waals surface area (Å²) in [5.41, 5.74) is 5.15. The van der Waals surface area contributed by atoms with Crippen molar-refractivity contribution < 1.29 is 33.1 Å². The number of methoxy groups -OCH3 is 2. The molecule has 4 aromatic heterocycles. The molecule has 0 unspecified atom stereocenters. The largest absolute Gasteiger partial charge is 0.453 e. The molecule has 4 N–H and O–H groups in total. The summed E-state index contributed by atoms with van der Waals surface area (Å²) >= 11 is 0. The van der Waals surface area contributed by atoms with Crippen molar-refractivity contribution in [2.45, 2.75) is 77.5 Å². The van der Waals surface area contributed by atoms with E-state index >= 15 is 0 Å². The lowest BCUT2D eigenvalue weighted by Gasteiger charge is -2.29. The van der Waals surface area contributed by atoms with Gasteiger partial charge in [-0.2, -0.15) is 0 Å². The van der Waals surface area contributed by atoms with E-state index in [1.807, 2.05) is 70.2 Å². The van der Waals surface area contributed by atoms with Gasteiger partial charge < -0.3 is 44.3 Å². The lowest BCUT2D eigenvalue weighted by atomic mass is 10.0. The van der Waals surface area contributed by atoms with Crippen LogP contribution in [0.25, 0.3) is 55.4 Å². The van der Waals surface area contributed by atoms with Crippen LogP contribution in [-0.4, -0.2) is 98.1 Å². The number of nitrogens with one attached hydrogen (secondary N) is 4. The van der Waals surface area contributed by atoms with Crippen LogP contribution >= 0.6 is 0 Å². The van der Waals surface area contributed by atoms with Crippen molar-refractivity contribution >= 4 is 67.9 Å². The molecule has 0 saturated carbocycles. The van der Waals surface area contributed by atoms with Crippen molar-refractivity contribution in [3.63, 3.8) is 0 Å². The third-order valence-corrected chi connectivity index (χ3v) is 11.2. The van der Waals surface area contributed by atoms with Gasteiger partial charge in [0.05, 0.1) is 43.0 Å². The summed E-state index contributed by atoms with van der Waals surface area (Å²) in [5.74, 6) is 1.26. The van der Waals surface area contributed by atoms with Crippen LogP contribution in [-0.2, 0) is 19.1 Å². The average Bonchev–Trinajstić information content (AvgIpc) is 4.05. The van der Waals surface area contributed by atoms with E-state index in [1.54, 1.807) is 9.80 Å². The molecule has 2 saturated heterocycles. The predicted octanol–water partition coefficient (Wildman–Crippen LogP) is 6.49. The molecule has 6 heterocycles. The fourth-order valence-electron chi connectivity index (χ4n) is 8.24. The average molecular weight is 778 g/mol. The fourth-order valence-corrected chi connectivity index (χ4v) is 8.24. The van der Waals surface area contributed by atoms with Crippen LogP contribution in [0.1, 0.15) is 77.1 Å². The standard InChI is InChI=1S/C41H47N9O7/c1-20(2)31(47-40(53)55-5)38(51)49-17-7-9-28(49)36-43-26-16-15-24-23(33(26)45-36)12-14-25(42-24)30-19-22-11-13-27-34(35(22)57-30)46-37(44-27)29-10-8-18-50(29)39(52)32(21(3)4)48-41(54)56-6/h11-16,19-21,28-29,31-32,42H,7-10,17-18H2,1-6H3,(H,44,46)(H,47,53)(H,48,54)/t28-,29-,31-,32-/m0/s1. The summed E-state index contributed by atoms with van der Waals surface area (Å²) in [6, 6.07) is 11.7. The highest BCUT2D eigenvalue weighted by atomic mass is 16.5. The zero-order valence-corrected chi connectivity index (χ0v) is 32.8. The van der Waals surface area contributed by atoms with E-state index in [4.69, 9.17) is 28.8 Å². The molecule has 0 radical (unpaired) electrons. The Labute approximate surface area is 328 Å². The third kappa shape index (κ3) is 6.86. The summed E-state index contributed by atoms with van der Waals surface area (Å²) < 4.78 is 16.1. The number of furan rings is 1. The molecule has 2 aliphatic heterocycles. The molecule has 4 atom stereocenters. The van der Waals surface area contributed by atoms with Gasteiger partial charge in [0.1, 0.15) is 28.9 Å². The molecule has 8 rings (SSSR count). The molecule has 0 spiro atoms. The zero-order valence-electron chi connectivity index (χ0n) is 32.8. The summed E-state index contributed by atoms with van der Waals surface area (Å²) in [5, 5.41) is 7.15. The summed E-state index contributed by atoms with van der Waals surface area (Å²) in [4.78, 5) is 76.8. The minimum absolute atomic E-state index is 0.135. The Kier molecular flexibility index (Phi) is 9.96. The molecule has 6 aromatic rings. The Hall–Kier alpha value is -6.19. The van der Waals surface area contributed by atoms with Gasteiger partial charge >= 0.3 is 12.2 Å². The predicted molar refractivity (Wildman–Crippen MR) is 212 cm³/mol. The third-order valence-electron chi connectivity index (χ3n) is 11.2. The first-order valence-corrected chi connectivity index (χ1v) is 19.5. The number of amides is 4. The van der Waals surface area contributed by atoms with Crippen molar-refractivity contribution in [3.05, 3.63) is 54.1 Å². The summed E-state index contributed by atoms with van der Waals surface area (Å²) in [6.07, 6.45) is 1.79. The van der Waals surface area contributed by atoms with Crippen LogP contribution in [0.2, 0.25) is 0 Å². The number of carbonyl (C=O) groups is 4. The number of alkyl carbamates (subject to hydrolysis) is 2. The van der Waals surface area contributed by atoms with Crippen LogP contribution in [0.3, 0.4) is 0 Å². The van der Waals surface area contributed by atoms with E-state index in [0.29, 0.717) is 41.6 Å². The highest BCUT2D eigenvalue weighted by molar-refractivity contribution is 6.04. The van der Waals surface area contributed by atoms with E-state index < -0.39 is 24.3 Å².